The fourth-order valence-electron chi connectivity index (χ4n) is 1.65. The summed E-state index contributed by atoms with van der Waals surface area (Å²) in [6.07, 6.45) is -2.77. The average Bonchev–Trinajstić information content (AvgIpc) is 2.72. The molecule has 4 nitrogen and oxygen atoms in total. The van der Waals surface area contributed by atoms with Gasteiger partial charge in [0.05, 0.1) is 24.0 Å². The molecule has 7 heteroatoms. The van der Waals surface area contributed by atoms with E-state index < -0.39 is 11.7 Å². The Morgan fingerprint density at radius 3 is 2.63 bits per heavy atom. The van der Waals surface area contributed by atoms with Crippen molar-refractivity contribution in [3.63, 3.8) is 0 Å². The first-order valence-corrected chi connectivity index (χ1v) is 5.63. The molecule has 0 aliphatic carbocycles. The third-order valence-corrected chi connectivity index (χ3v) is 2.83. The molecular weight excluding hydrogens is 257 g/mol. The number of rotatable bonds is 3. The van der Waals surface area contributed by atoms with Gasteiger partial charge in [0.15, 0.2) is 0 Å². The lowest BCUT2D eigenvalue weighted by molar-refractivity contribution is -0.137. The minimum Gasteiger partial charge on any atom is -0.379 e. The van der Waals surface area contributed by atoms with Crippen LogP contribution in [0.15, 0.2) is 24.4 Å². The van der Waals surface area contributed by atoms with Crippen molar-refractivity contribution in [2.75, 3.05) is 5.32 Å². The topological polar surface area (TPSA) is 42.7 Å². The third-order valence-electron chi connectivity index (χ3n) is 2.83. The zero-order valence-corrected chi connectivity index (χ0v) is 10.5. The minimum atomic E-state index is -4.34. The second kappa shape index (κ2) is 4.91. The molecule has 1 aromatic heterocycles. The molecule has 0 aliphatic heterocycles. The van der Waals surface area contributed by atoms with E-state index in [1.165, 1.54) is 6.07 Å². The molecule has 1 heterocycles. The quantitative estimate of drug-likeness (QED) is 0.932. The summed E-state index contributed by atoms with van der Waals surface area (Å²) in [4.78, 5) is 0. The number of hydrogen-bond acceptors (Lipinski definition) is 3. The summed E-state index contributed by atoms with van der Waals surface area (Å²) >= 11 is 0. The second-order valence-corrected chi connectivity index (χ2v) is 4.23. The molecule has 0 bridgehead atoms. The van der Waals surface area contributed by atoms with E-state index in [0.717, 1.165) is 23.4 Å². The largest absolute Gasteiger partial charge is 0.416 e. The predicted octanol–water partition coefficient (Wildman–Crippen LogP) is 2.75. The summed E-state index contributed by atoms with van der Waals surface area (Å²) in [6, 6.07) is 3.64. The number of nitrogens with one attached hydrogen (secondary N) is 1. The summed E-state index contributed by atoms with van der Waals surface area (Å²) < 4.78 is 39.4. The molecule has 2 rings (SSSR count). The zero-order chi connectivity index (χ0) is 14.0. The van der Waals surface area contributed by atoms with Crippen LogP contribution in [0.3, 0.4) is 0 Å². The van der Waals surface area contributed by atoms with Crippen molar-refractivity contribution >= 4 is 5.69 Å². The average molecular weight is 270 g/mol. The van der Waals surface area contributed by atoms with Gasteiger partial charge >= 0.3 is 6.18 Å². The molecule has 0 atom stereocenters. The lowest BCUT2D eigenvalue weighted by Crippen LogP contribution is -2.09. The van der Waals surface area contributed by atoms with Gasteiger partial charge in [0, 0.05) is 12.7 Å². The Labute approximate surface area is 108 Å². The molecule has 0 fully saturated rings. The minimum absolute atomic E-state index is 0.367. The molecule has 0 saturated heterocycles. The maximum Gasteiger partial charge on any atom is 0.416 e. The van der Waals surface area contributed by atoms with E-state index in [2.05, 4.69) is 15.6 Å². The van der Waals surface area contributed by atoms with Gasteiger partial charge in [-0.3, -0.25) is 4.68 Å². The lowest BCUT2D eigenvalue weighted by Gasteiger charge is -2.13. The monoisotopic (exact) mass is 270 g/mol. The molecule has 0 amide bonds. The number of halogens is 3. The smallest absolute Gasteiger partial charge is 0.379 e. The van der Waals surface area contributed by atoms with Crippen molar-refractivity contribution in [2.45, 2.75) is 19.6 Å². The van der Waals surface area contributed by atoms with Gasteiger partial charge in [0.25, 0.3) is 0 Å². The Balaban J connectivity index is 2.18. The number of nitrogens with zero attached hydrogens (tertiary/aromatic N) is 3. The molecule has 1 N–H and O–H groups in total. The maximum atomic E-state index is 12.6. The van der Waals surface area contributed by atoms with E-state index >= 15 is 0 Å². The molecule has 0 unspecified atom stereocenters. The van der Waals surface area contributed by atoms with Gasteiger partial charge in [0.1, 0.15) is 0 Å². The van der Waals surface area contributed by atoms with E-state index in [-0.39, 0.29) is 0 Å². The highest BCUT2D eigenvalue weighted by Gasteiger charge is 2.30. The highest BCUT2D eigenvalue weighted by Crippen LogP contribution is 2.32. The molecule has 0 aliphatic rings. The number of anilines is 1. The summed E-state index contributed by atoms with van der Waals surface area (Å²) in [5.74, 6) is 0. The highest BCUT2D eigenvalue weighted by molar-refractivity contribution is 5.53. The van der Waals surface area contributed by atoms with Crippen molar-refractivity contribution in [1.29, 1.82) is 0 Å². The Hall–Kier alpha value is -2.05. The standard InChI is InChI=1S/C12H13F3N4/c1-8-3-4-9(12(13,14)15)5-11(8)16-6-10-7-17-18-19(10)2/h3-5,7,16H,6H2,1-2H3. The molecule has 0 spiro atoms. The number of benzene rings is 1. The number of alkyl halides is 3. The Kier molecular flexibility index (Phi) is 3.46. The molecule has 0 saturated carbocycles. The fraction of sp³-hybridized carbons (Fsp3) is 0.333. The SMILES string of the molecule is Cc1ccc(C(F)(F)F)cc1NCc1cnnn1C. The van der Waals surface area contributed by atoms with E-state index in [1.807, 2.05) is 0 Å². The van der Waals surface area contributed by atoms with Crippen molar-refractivity contribution in [3.05, 3.63) is 41.2 Å². The van der Waals surface area contributed by atoms with Gasteiger partial charge in [-0.2, -0.15) is 13.2 Å². The van der Waals surface area contributed by atoms with E-state index in [4.69, 9.17) is 0 Å². The van der Waals surface area contributed by atoms with Crippen molar-refractivity contribution in [1.82, 2.24) is 15.0 Å². The number of aromatic nitrogens is 3. The Bertz CT molecular complexity index is 575. The number of hydrogen-bond donors (Lipinski definition) is 1. The molecule has 102 valence electrons. The lowest BCUT2D eigenvalue weighted by atomic mass is 10.1. The maximum absolute atomic E-state index is 12.6. The van der Waals surface area contributed by atoms with E-state index in [1.54, 1.807) is 24.9 Å². The summed E-state index contributed by atoms with van der Waals surface area (Å²) in [7, 11) is 1.73. The summed E-state index contributed by atoms with van der Waals surface area (Å²) in [5, 5.41) is 10.4. The van der Waals surface area contributed by atoms with Crippen molar-refractivity contribution < 1.29 is 13.2 Å². The zero-order valence-electron chi connectivity index (χ0n) is 10.5. The normalized spacial score (nSPS) is 11.6. The first-order valence-electron chi connectivity index (χ1n) is 5.63. The van der Waals surface area contributed by atoms with Gasteiger partial charge in [-0.15, -0.1) is 5.10 Å². The van der Waals surface area contributed by atoms with E-state index in [0.29, 0.717) is 12.2 Å². The third kappa shape index (κ3) is 3.04. The van der Waals surface area contributed by atoms with Crippen LogP contribution in [0.5, 0.6) is 0 Å². The number of aryl methyl sites for hydroxylation is 2. The molecular formula is C12H13F3N4. The summed E-state index contributed by atoms with van der Waals surface area (Å²) in [6.45, 7) is 2.12. The Morgan fingerprint density at radius 1 is 1.32 bits per heavy atom. The van der Waals surface area contributed by atoms with E-state index in [9.17, 15) is 13.2 Å². The molecule has 19 heavy (non-hydrogen) atoms. The van der Waals surface area contributed by atoms with Gasteiger partial charge in [-0.25, -0.2) is 0 Å². The van der Waals surface area contributed by atoms with Crippen LogP contribution in [-0.4, -0.2) is 15.0 Å². The van der Waals surface area contributed by atoms with Crippen LogP contribution in [0.1, 0.15) is 16.8 Å². The summed E-state index contributed by atoms with van der Waals surface area (Å²) in [5.41, 5.74) is 1.33. The van der Waals surface area contributed by atoms with Crippen LogP contribution < -0.4 is 5.32 Å². The van der Waals surface area contributed by atoms with Crippen LogP contribution in [0, 0.1) is 6.92 Å². The van der Waals surface area contributed by atoms with Crippen molar-refractivity contribution in [3.8, 4) is 0 Å². The fourth-order valence-corrected chi connectivity index (χ4v) is 1.65. The molecule has 1 aromatic carbocycles. The van der Waals surface area contributed by atoms with Crippen LogP contribution in [0.4, 0.5) is 18.9 Å². The van der Waals surface area contributed by atoms with Crippen LogP contribution in [-0.2, 0) is 19.8 Å². The van der Waals surface area contributed by atoms with Gasteiger partial charge in [0.2, 0.25) is 0 Å². The van der Waals surface area contributed by atoms with Crippen LogP contribution in [0.2, 0.25) is 0 Å². The van der Waals surface area contributed by atoms with Gasteiger partial charge in [-0.05, 0) is 24.6 Å². The first kappa shape index (κ1) is 13.4. The molecule has 0 radical (unpaired) electrons. The van der Waals surface area contributed by atoms with Crippen LogP contribution in [0.25, 0.3) is 0 Å². The first-order chi connectivity index (χ1) is 8.88. The van der Waals surface area contributed by atoms with Crippen LogP contribution >= 0.6 is 0 Å². The van der Waals surface area contributed by atoms with Gasteiger partial charge in [-0.1, -0.05) is 11.3 Å². The predicted molar refractivity (Wildman–Crippen MR) is 64.5 cm³/mol. The molecule has 2 aromatic rings. The second-order valence-electron chi connectivity index (χ2n) is 4.23. The highest BCUT2D eigenvalue weighted by atomic mass is 19.4. The van der Waals surface area contributed by atoms with Gasteiger partial charge < -0.3 is 5.32 Å². The van der Waals surface area contributed by atoms with Crippen molar-refractivity contribution in [2.24, 2.45) is 7.05 Å². The Morgan fingerprint density at radius 2 is 2.05 bits per heavy atom.